The number of unbranched alkanes of at least 4 members (excludes halogenated alkanes) is 1. The molecule has 68 valence electrons. The topological polar surface area (TPSA) is 32.3 Å². The lowest BCUT2D eigenvalue weighted by Crippen LogP contribution is -2.28. The number of carbonyl (C=O) groups excluding carboxylic acids is 1. The number of rotatable bonds is 3. The van der Waals surface area contributed by atoms with Crippen LogP contribution in [0, 0.1) is 0 Å². The maximum absolute atomic E-state index is 11.4. The van der Waals surface area contributed by atoms with Crippen LogP contribution in [-0.2, 0) is 4.79 Å². The van der Waals surface area contributed by atoms with Crippen LogP contribution in [0.5, 0.6) is 0 Å². The van der Waals surface area contributed by atoms with Gasteiger partial charge in [-0.3, -0.25) is 9.69 Å². The van der Waals surface area contributed by atoms with Crippen molar-refractivity contribution in [2.24, 2.45) is 0 Å². The van der Waals surface area contributed by atoms with Gasteiger partial charge in [0.25, 0.3) is 5.91 Å². The number of amides is 1. The Morgan fingerprint density at radius 1 is 1.67 bits per heavy atom. The van der Waals surface area contributed by atoms with Gasteiger partial charge in [-0.05, 0) is 18.6 Å². The highest BCUT2D eigenvalue weighted by molar-refractivity contribution is 7.80. The first kappa shape index (κ1) is 9.45. The molecule has 1 atom stereocenters. The third-order valence-corrected chi connectivity index (χ3v) is 2.47. The Morgan fingerprint density at radius 3 is 2.75 bits per heavy atom. The van der Waals surface area contributed by atoms with Crippen LogP contribution in [0.3, 0.4) is 0 Å². The van der Waals surface area contributed by atoms with Crippen molar-refractivity contribution in [3.8, 4) is 0 Å². The lowest BCUT2D eigenvalue weighted by Gasteiger charge is -2.06. The maximum Gasteiger partial charge on any atom is 0.251 e. The van der Waals surface area contributed by atoms with Gasteiger partial charge in [-0.1, -0.05) is 19.8 Å². The molecule has 1 fully saturated rings. The first-order chi connectivity index (χ1) is 5.66. The molecule has 0 radical (unpaired) electrons. The molecule has 12 heavy (non-hydrogen) atoms. The second-order valence-corrected chi connectivity index (χ2v) is 3.43. The zero-order valence-corrected chi connectivity index (χ0v) is 8.28. The van der Waals surface area contributed by atoms with Crippen LogP contribution in [0.15, 0.2) is 0 Å². The predicted molar refractivity (Wildman–Crippen MR) is 51.8 cm³/mol. The highest BCUT2D eigenvalue weighted by Gasteiger charge is 2.31. The Bertz CT molecular complexity index is 205. The summed E-state index contributed by atoms with van der Waals surface area (Å²) in [4.78, 5) is 12.9. The van der Waals surface area contributed by atoms with E-state index in [1.807, 2.05) is 0 Å². The number of thiocarbonyl (C=S) groups is 1. The Hall–Kier alpha value is -0.640. The fraction of sp³-hybridized carbons (Fsp3) is 0.750. The number of hydrogen-bond acceptors (Lipinski definition) is 2. The molecule has 1 amide bonds. The number of likely N-dealkylation sites (N-methyl/N-ethyl adjacent to an activating group) is 1. The molecule has 0 aliphatic carbocycles. The second-order valence-electron chi connectivity index (χ2n) is 3.04. The fourth-order valence-electron chi connectivity index (χ4n) is 1.25. The van der Waals surface area contributed by atoms with Gasteiger partial charge in [-0.15, -0.1) is 0 Å². The molecule has 0 bridgehead atoms. The quantitative estimate of drug-likeness (QED) is 0.664. The average molecular weight is 186 g/mol. The molecule has 1 aliphatic rings. The van der Waals surface area contributed by atoms with Crippen LogP contribution in [-0.4, -0.2) is 29.0 Å². The molecular formula is C8H14N2OS. The van der Waals surface area contributed by atoms with Crippen molar-refractivity contribution in [3.63, 3.8) is 0 Å². The minimum absolute atomic E-state index is 0.0672. The highest BCUT2D eigenvalue weighted by atomic mass is 32.1. The van der Waals surface area contributed by atoms with Gasteiger partial charge in [-0.2, -0.15) is 0 Å². The highest BCUT2D eigenvalue weighted by Crippen LogP contribution is 2.10. The predicted octanol–water partition coefficient (Wildman–Crippen LogP) is 0.892. The third kappa shape index (κ3) is 1.75. The van der Waals surface area contributed by atoms with E-state index in [2.05, 4.69) is 12.2 Å². The van der Waals surface area contributed by atoms with E-state index in [1.54, 1.807) is 7.05 Å². The Labute approximate surface area is 78.1 Å². The normalized spacial score (nSPS) is 23.2. The van der Waals surface area contributed by atoms with E-state index < -0.39 is 0 Å². The summed E-state index contributed by atoms with van der Waals surface area (Å²) in [5, 5.41) is 3.55. The van der Waals surface area contributed by atoms with Crippen molar-refractivity contribution in [3.05, 3.63) is 0 Å². The first-order valence-electron chi connectivity index (χ1n) is 4.25. The molecule has 4 heteroatoms. The molecule has 1 rings (SSSR count). The van der Waals surface area contributed by atoms with Crippen LogP contribution < -0.4 is 5.32 Å². The molecule has 1 saturated heterocycles. The van der Waals surface area contributed by atoms with Crippen LogP contribution >= 0.6 is 12.2 Å². The Balaban J connectivity index is 2.47. The van der Waals surface area contributed by atoms with E-state index in [1.165, 1.54) is 4.90 Å². The number of nitrogens with one attached hydrogen (secondary N) is 1. The van der Waals surface area contributed by atoms with Gasteiger partial charge in [0.1, 0.15) is 6.04 Å². The summed E-state index contributed by atoms with van der Waals surface area (Å²) in [6.45, 7) is 2.11. The molecule has 0 aromatic carbocycles. The molecule has 0 spiro atoms. The molecule has 0 aromatic heterocycles. The van der Waals surface area contributed by atoms with Gasteiger partial charge in [0.15, 0.2) is 5.11 Å². The van der Waals surface area contributed by atoms with E-state index in [9.17, 15) is 4.79 Å². The number of carbonyl (C=O) groups is 1. The zero-order valence-electron chi connectivity index (χ0n) is 7.46. The molecule has 1 heterocycles. The lowest BCUT2D eigenvalue weighted by molar-refractivity contribution is -0.126. The summed E-state index contributed by atoms with van der Waals surface area (Å²) in [6.07, 6.45) is 3.07. The Kier molecular flexibility index (Phi) is 3.03. The molecule has 1 aliphatic heterocycles. The van der Waals surface area contributed by atoms with Crippen molar-refractivity contribution in [1.29, 1.82) is 0 Å². The zero-order chi connectivity index (χ0) is 9.14. The molecule has 0 saturated carbocycles. The van der Waals surface area contributed by atoms with Gasteiger partial charge in [-0.25, -0.2) is 0 Å². The minimum Gasteiger partial charge on any atom is -0.350 e. The van der Waals surface area contributed by atoms with Crippen molar-refractivity contribution in [1.82, 2.24) is 10.2 Å². The van der Waals surface area contributed by atoms with Crippen molar-refractivity contribution < 1.29 is 4.79 Å². The molecular weight excluding hydrogens is 172 g/mol. The fourth-order valence-corrected chi connectivity index (χ4v) is 1.48. The van der Waals surface area contributed by atoms with Gasteiger partial charge in [0.2, 0.25) is 0 Å². The number of nitrogens with zero attached hydrogens (tertiary/aromatic N) is 1. The van der Waals surface area contributed by atoms with Gasteiger partial charge >= 0.3 is 0 Å². The Morgan fingerprint density at radius 2 is 2.33 bits per heavy atom. The molecule has 0 aromatic rings. The van der Waals surface area contributed by atoms with Crippen LogP contribution in [0.2, 0.25) is 0 Å². The molecule has 1 N–H and O–H groups in total. The second kappa shape index (κ2) is 3.85. The van der Waals surface area contributed by atoms with Crippen molar-refractivity contribution in [2.45, 2.75) is 32.2 Å². The van der Waals surface area contributed by atoms with E-state index in [4.69, 9.17) is 12.2 Å². The number of hydrogen-bond donors (Lipinski definition) is 1. The minimum atomic E-state index is -0.0672. The SMILES string of the molecule is CCCC[C@@H]1NC(=S)N(C)C1=O. The smallest absolute Gasteiger partial charge is 0.251 e. The summed E-state index contributed by atoms with van der Waals surface area (Å²) >= 11 is 4.94. The summed E-state index contributed by atoms with van der Waals surface area (Å²) in [7, 11) is 1.71. The summed E-state index contributed by atoms with van der Waals surface area (Å²) in [6, 6.07) is -0.0672. The van der Waals surface area contributed by atoms with Gasteiger partial charge < -0.3 is 5.32 Å². The van der Waals surface area contributed by atoms with E-state index in [0.29, 0.717) is 5.11 Å². The van der Waals surface area contributed by atoms with Crippen molar-refractivity contribution in [2.75, 3.05) is 7.05 Å². The van der Waals surface area contributed by atoms with Crippen LogP contribution in [0.4, 0.5) is 0 Å². The summed E-state index contributed by atoms with van der Waals surface area (Å²) in [5.74, 6) is 0.105. The maximum atomic E-state index is 11.4. The average Bonchev–Trinajstić information content (AvgIpc) is 2.30. The molecule has 3 nitrogen and oxygen atoms in total. The third-order valence-electron chi connectivity index (χ3n) is 2.08. The van der Waals surface area contributed by atoms with Crippen molar-refractivity contribution >= 4 is 23.2 Å². The lowest BCUT2D eigenvalue weighted by atomic mass is 10.1. The van der Waals surface area contributed by atoms with Gasteiger partial charge in [0, 0.05) is 7.05 Å². The molecule has 0 unspecified atom stereocenters. The van der Waals surface area contributed by atoms with Crippen LogP contribution in [0.1, 0.15) is 26.2 Å². The summed E-state index contributed by atoms with van der Waals surface area (Å²) in [5.41, 5.74) is 0. The van der Waals surface area contributed by atoms with E-state index in [0.717, 1.165) is 19.3 Å². The van der Waals surface area contributed by atoms with Crippen LogP contribution in [0.25, 0.3) is 0 Å². The monoisotopic (exact) mass is 186 g/mol. The van der Waals surface area contributed by atoms with E-state index >= 15 is 0 Å². The first-order valence-corrected chi connectivity index (χ1v) is 4.65. The standard InChI is InChI=1S/C8H14N2OS/c1-3-4-5-6-7(11)10(2)8(12)9-6/h6H,3-5H2,1-2H3,(H,9,12)/t6-/m0/s1. The largest absolute Gasteiger partial charge is 0.350 e. The summed E-state index contributed by atoms with van der Waals surface area (Å²) < 4.78 is 0. The van der Waals surface area contributed by atoms with Gasteiger partial charge in [0.05, 0.1) is 0 Å². The van der Waals surface area contributed by atoms with E-state index in [-0.39, 0.29) is 11.9 Å².